The number of aryl methyl sites for hydroxylation is 1. The van der Waals surface area contributed by atoms with Crippen LogP contribution in [0.2, 0.25) is 5.02 Å². The first kappa shape index (κ1) is 83.9. The van der Waals surface area contributed by atoms with Crippen molar-refractivity contribution in [1.82, 2.24) is 60.0 Å². The maximum absolute atomic E-state index is 15.7. The average molecular weight is 1500 g/mol. The maximum Gasteiger partial charge on any atom is 0.417 e. The van der Waals surface area contributed by atoms with Gasteiger partial charge in [0.15, 0.2) is 0 Å². The van der Waals surface area contributed by atoms with Gasteiger partial charge in [-0.3, -0.25) is 57.5 Å². The summed E-state index contributed by atoms with van der Waals surface area (Å²) in [4.78, 5) is 187. The van der Waals surface area contributed by atoms with Gasteiger partial charge in [-0.25, -0.2) is 0 Å². The molecule has 0 bridgehead atoms. The lowest BCUT2D eigenvalue weighted by Crippen LogP contribution is -2.65. The van der Waals surface area contributed by atoms with Gasteiger partial charge in [0.05, 0.1) is 49.7 Å². The molecule has 6 fully saturated rings. The van der Waals surface area contributed by atoms with Crippen molar-refractivity contribution >= 4 is 82.5 Å². The minimum atomic E-state index is -4.80. The Morgan fingerprint density at radius 3 is 1.78 bits per heavy atom. The highest BCUT2D eigenvalue weighted by atomic mass is 35.5. The summed E-state index contributed by atoms with van der Waals surface area (Å²) in [6.07, 6.45) is 1.95. The van der Waals surface area contributed by atoms with E-state index in [1.54, 1.807) is 27.7 Å². The largest absolute Gasteiger partial charge is 0.417 e. The quantitative estimate of drug-likeness (QED) is 0.200. The van der Waals surface area contributed by atoms with Gasteiger partial charge in [0.2, 0.25) is 70.9 Å². The van der Waals surface area contributed by atoms with Gasteiger partial charge < -0.3 is 60.0 Å². The standard InChI is InChI=1S/C72H106ClF7N12O12/c1-12-44(4)59-66(102)86(7)39-57(95)84(5)40-58(96)88(9)53(36-45-22-15-13-16-23-45)64(100)85(6)38-55(93)81-50(30-28-46-27-29-48(49(73)35-46)72(78,79)80)63(99)92-33-21-26-51(92)62(98)83-69(31-19-20-32-69)68(104)90(11)60(47-24-17-14-18-25-47)67(103)89(10)54(65(101)91-41-70(74,75)71(76,77)42-91)37-56(94)87(8)52(34-43(2)3)61(97)82-59/h27,29,35,43-45,47,50-54,59-60H,12-26,28,30-34,36-42H2,1-11H3,(H,81,93)(H,82,97)(H,83,98)/t44-,50-,51?,52-,53-,54-,59-,60-/m0/s1. The van der Waals surface area contributed by atoms with Crippen molar-refractivity contribution < 1.29 is 88.3 Å². The molecule has 32 heteroatoms. The Bertz CT molecular complexity index is 3300. The summed E-state index contributed by atoms with van der Waals surface area (Å²) in [6.45, 7) is 1.34. The van der Waals surface area contributed by atoms with E-state index in [0.717, 1.165) is 87.1 Å². The zero-order chi connectivity index (χ0) is 77.2. The molecule has 8 atom stereocenters. The van der Waals surface area contributed by atoms with Gasteiger partial charge in [-0.15, -0.1) is 0 Å². The first-order valence-corrected chi connectivity index (χ1v) is 36.9. The molecule has 3 heterocycles. The number of amides is 12. The summed E-state index contributed by atoms with van der Waals surface area (Å²) in [5.74, 6) is -21.5. The van der Waals surface area contributed by atoms with E-state index in [-0.39, 0.29) is 80.2 Å². The number of fused-ring (bicyclic) bond motifs is 1. The van der Waals surface area contributed by atoms with Crippen molar-refractivity contribution in [2.75, 3.05) is 88.6 Å². The van der Waals surface area contributed by atoms with Crippen molar-refractivity contribution in [1.29, 1.82) is 0 Å². The molecule has 3 saturated carbocycles. The molecule has 3 aliphatic heterocycles. The molecule has 0 aromatic heterocycles. The molecular formula is C72H106ClF7N12O12. The number of likely N-dealkylation sites (tertiary alicyclic amines) is 1. The van der Waals surface area contributed by atoms with Gasteiger partial charge in [-0.1, -0.05) is 116 Å². The lowest BCUT2D eigenvalue weighted by Gasteiger charge is -2.43. The van der Waals surface area contributed by atoms with Crippen LogP contribution in [-0.4, -0.2) is 263 Å². The maximum atomic E-state index is 15.7. The number of hydrogen-bond donors (Lipinski definition) is 3. The number of benzene rings is 1. The summed E-state index contributed by atoms with van der Waals surface area (Å²) in [6, 6.07) is -7.35. The molecule has 7 rings (SSSR count). The molecule has 1 unspecified atom stereocenters. The zero-order valence-electron chi connectivity index (χ0n) is 61.8. The van der Waals surface area contributed by atoms with Crippen LogP contribution in [0.15, 0.2) is 18.2 Å². The van der Waals surface area contributed by atoms with Crippen LogP contribution in [0.4, 0.5) is 30.7 Å². The molecule has 0 radical (unpaired) electrons. The topological polar surface area (TPSA) is 270 Å². The van der Waals surface area contributed by atoms with Crippen molar-refractivity contribution in [3.8, 4) is 0 Å². The molecule has 12 amide bonds. The Morgan fingerprint density at radius 2 is 1.20 bits per heavy atom. The molecule has 6 aliphatic rings. The van der Waals surface area contributed by atoms with Crippen molar-refractivity contribution in [3.05, 3.63) is 34.3 Å². The smallest absolute Gasteiger partial charge is 0.343 e. The third-order valence-electron chi connectivity index (χ3n) is 22.3. The monoisotopic (exact) mass is 1500 g/mol. The van der Waals surface area contributed by atoms with E-state index < -0.39 is 198 Å². The lowest BCUT2D eigenvalue weighted by atomic mass is 9.81. The van der Waals surface area contributed by atoms with Gasteiger partial charge in [-0.2, -0.15) is 30.7 Å². The molecule has 3 N–H and O–H groups in total. The SMILES string of the molecule is CC[C@H](C)[C@@H]1NC(=O)[C@H](CC(C)C)N(C)C(=O)C[C@@H](C(=O)N2CC(F)(F)C(F)(F)C2)N(C)C(=O)[C@H](C2CCCCC2)N(C)C(=O)C2(CCCC2)NC(=O)C2CCCN2C(=O)[C@H](CCc2ccc(C(F)(F)F)c(Cl)c2)NC(=O)CN(C)C(=O)[C@H](CC2CCCCC2)N(C)C(=O)CN(C)C(=O)CN(C)C1=O. The zero-order valence-corrected chi connectivity index (χ0v) is 62.6. The lowest BCUT2D eigenvalue weighted by molar-refractivity contribution is -0.172. The van der Waals surface area contributed by atoms with E-state index in [1.165, 1.54) is 58.2 Å². The van der Waals surface area contributed by atoms with E-state index in [2.05, 4.69) is 16.0 Å². The minimum Gasteiger partial charge on any atom is -0.343 e. The second kappa shape index (κ2) is 35.4. The second-order valence-corrected chi connectivity index (χ2v) is 30.8. The number of hydrogen-bond acceptors (Lipinski definition) is 12. The van der Waals surface area contributed by atoms with Crippen LogP contribution in [0, 0.1) is 23.7 Å². The average Bonchev–Trinajstić information content (AvgIpc) is 1.57. The Morgan fingerprint density at radius 1 is 0.625 bits per heavy atom. The predicted molar refractivity (Wildman–Crippen MR) is 370 cm³/mol. The van der Waals surface area contributed by atoms with Gasteiger partial charge in [0.25, 0.3) is 0 Å². The van der Waals surface area contributed by atoms with Crippen LogP contribution in [-0.2, 0) is 70.1 Å². The Balaban J connectivity index is 1.31. The van der Waals surface area contributed by atoms with Gasteiger partial charge in [0, 0.05) is 55.9 Å². The first-order valence-electron chi connectivity index (χ1n) is 36.6. The van der Waals surface area contributed by atoms with E-state index in [1.807, 2.05) is 0 Å². The Hall–Kier alpha value is -7.34. The van der Waals surface area contributed by atoms with Gasteiger partial charge in [-0.05, 0) is 106 Å². The van der Waals surface area contributed by atoms with Crippen LogP contribution in [0.25, 0.3) is 0 Å². The number of nitrogens with zero attached hydrogens (tertiary/aromatic N) is 9. The third kappa shape index (κ3) is 20.0. The van der Waals surface area contributed by atoms with Crippen LogP contribution in [0.1, 0.15) is 174 Å². The van der Waals surface area contributed by atoms with E-state index in [4.69, 9.17) is 11.6 Å². The molecule has 104 heavy (non-hydrogen) atoms. The van der Waals surface area contributed by atoms with E-state index >= 15 is 41.5 Å². The second-order valence-electron chi connectivity index (χ2n) is 30.4. The summed E-state index contributed by atoms with van der Waals surface area (Å²) in [7, 11) is 8.97. The molecule has 1 aromatic carbocycles. The number of carbonyl (C=O) groups is 12. The molecule has 1 aromatic rings. The molecule has 24 nitrogen and oxygen atoms in total. The van der Waals surface area contributed by atoms with Crippen molar-refractivity contribution in [3.63, 3.8) is 0 Å². The minimum absolute atomic E-state index is 0.0252. The fourth-order valence-corrected chi connectivity index (χ4v) is 16.0. The number of halogens is 8. The summed E-state index contributed by atoms with van der Waals surface area (Å²) >= 11 is 6.13. The van der Waals surface area contributed by atoms with E-state index in [9.17, 15) is 46.7 Å². The Kier molecular flexibility index (Phi) is 28.5. The molecule has 582 valence electrons. The summed E-state index contributed by atoms with van der Waals surface area (Å²) in [5, 5.41) is 7.80. The van der Waals surface area contributed by atoms with Crippen LogP contribution >= 0.6 is 11.6 Å². The highest BCUT2D eigenvalue weighted by Crippen LogP contribution is 2.43. The highest BCUT2D eigenvalue weighted by Gasteiger charge is 2.65. The molecular weight excluding hydrogens is 1390 g/mol. The van der Waals surface area contributed by atoms with Gasteiger partial charge in [0.1, 0.15) is 47.8 Å². The van der Waals surface area contributed by atoms with Crippen LogP contribution in [0.5, 0.6) is 0 Å². The van der Waals surface area contributed by atoms with Crippen molar-refractivity contribution in [2.45, 2.75) is 235 Å². The predicted octanol–water partition coefficient (Wildman–Crippen LogP) is 6.52. The fraction of sp³-hybridized carbons (Fsp3) is 0.750. The molecule has 1 spiro atoms. The van der Waals surface area contributed by atoms with Crippen LogP contribution < -0.4 is 16.0 Å². The number of alkyl halides is 7. The van der Waals surface area contributed by atoms with Gasteiger partial charge >= 0.3 is 18.0 Å². The van der Waals surface area contributed by atoms with Crippen LogP contribution in [0.3, 0.4) is 0 Å². The number of likely N-dealkylation sites (N-methyl/N-ethyl adjacent to an activating group) is 7. The summed E-state index contributed by atoms with van der Waals surface area (Å²) < 4.78 is 102. The Labute approximate surface area is 609 Å². The molecule has 3 aliphatic carbocycles. The molecule has 3 saturated heterocycles. The van der Waals surface area contributed by atoms with Crippen molar-refractivity contribution in [2.24, 2.45) is 23.7 Å². The number of rotatable bonds is 11. The number of carbonyl (C=O) groups excluding carboxylic acids is 12. The first-order chi connectivity index (χ1) is 48.6. The van der Waals surface area contributed by atoms with E-state index in [0.29, 0.717) is 44.9 Å². The normalized spacial score (nSPS) is 27.3. The summed E-state index contributed by atoms with van der Waals surface area (Å²) in [5.41, 5.74) is -2.62. The fourth-order valence-electron chi connectivity index (χ4n) is 15.7. The third-order valence-corrected chi connectivity index (χ3v) is 22.6. The highest BCUT2D eigenvalue weighted by molar-refractivity contribution is 6.31. The number of nitrogens with one attached hydrogen (secondary N) is 3.